The number of fused-ring (bicyclic) bond motifs is 1. The monoisotopic (exact) mass is 364 g/mol. The molecule has 0 saturated carbocycles. The summed E-state index contributed by atoms with van der Waals surface area (Å²) in [4.78, 5) is 19.3. The molecule has 0 spiro atoms. The number of hydrogen-bond acceptors (Lipinski definition) is 4. The third-order valence-corrected chi connectivity index (χ3v) is 4.35. The first-order valence-corrected chi connectivity index (χ1v) is 8.19. The number of ketones is 1. The fraction of sp³-hybridized carbons (Fsp3) is 0. The molecule has 0 aliphatic rings. The Morgan fingerprint density at radius 2 is 1.88 bits per heavy atom. The van der Waals surface area contributed by atoms with Crippen molar-refractivity contribution in [2.24, 2.45) is 0 Å². The molecule has 128 valence electrons. The minimum Gasteiger partial charge on any atom is -0.507 e. The van der Waals surface area contributed by atoms with Crippen LogP contribution in [-0.4, -0.2) is 31.1 Å². The van der Waals surface area contributed by atoms with Crippen molar-refractivity contribution >= 4 is 34.0 Å². The summed E-state index contributed by atoms with van der Waals surface area (Å²) in [6.45, 7) is 0. The lowest BCUT2D eigenvalue weighted by molar-refractivity contribution is 0.103. The number of benzene rings is 2. The standard InChI is InChI=1S/C19H13ClN4O2/c20-13-7-3-1-5-11(13)18-17(12-6-2-4-8-14(12)23-18)15(25)9-16(26)19-21-10-22-24-19/h1-10,23,25H,(H,21,22,24). The summed E-state index contributed by atoms with van der Waals surface area (Å²) in [6.07, 6.45) is 2.36. The number of nitrogens with zero attached hydrogens (tertiary/aromatic N) is 2. The second kappa shape index (κ2) is 6.50. The molecule has 2 aromatic carbocycles. The number of hydrogen-bond donors (Lipinski definition) is 3. The Balaban J connectivity index is 1.92. The van der Waals surface area contributed by atoms with Gasteiger partial charge in [-0.05, 0) is 12.1 Å². The molecule has 3 N–H and O–H groups in total. The summed E-state index contributed by atoms with van der Waals surface area (Å²) in [5.41, 5.74) is 2.69. The first-order chi connectivity index (χ1) is 12.6. The quantitative estimate of drug-likeness (QED) is 0.284. The number of carbonyl (C=O) groups is 1. The van der Waals surface area contributed by atoms with Gasteiger partial charge in [0.2, 0.25) is 5.78 Å². The second-order valence-corrected chi connectivity index (χ2v) is 6.04. The highest BCUT2D eigenvalue weighted by Gasteiger charge is 2.19. The molecule has 4 rings (SSSR count). The van der Waals surface area contributed by atoms with E-state index in [-0.39, 0.29) is 11.6 Å². The Morgan fingerprint density at radius 1 is 1.12 bits per heavy atom. The van der Waals surface area contributed by atoms with E-state index in [1.165, 1.54) is 6.33 Å². The highest BCUT2D eigenvalue weighted by Crippen LogP contribution is 2.37. The van der Waals surface area contributed by atoms with E-state index in [0.717, 1.165) is 22.5 Å². The summed E-state index contributed by atoms with van der Waals surface area (Å²) in [5, 5.41) is 18.2. The molecular weight excluding hydrogens is 352 g/mol. The molecule has 0 fully saturated rings. The van der Waals surface area contributed by atoms with E-state index in [1.807, 2.05) is 42.5 Å². The lowest BCUT2D eigenvalue weighted by Gasteiger charge is -2.06. The van der Waals surface area contributed by atoms with Crippen LogP contribution in [0.25, 0.3) is 27.9 Å². The summed E-state index contributed by atoms with van der Waals surface area (Å²) >= 11 is 6.34. The summed E-state index contributed by atoms with van der Waals surface area (Å²) in [7, 11) is 0. The smallest absolute Gasteiger partial charge is 0.226 e. The Kier molecular flexibility index (Phi) is 4.02. The van der Waals surface area contributed by atoms with E-state index in [9.17, 15) is 9.90 Å². The van der Waals surface area contributed by atoms with Gasteiger partial charge in [-0.2, -0.15) is 5.10 Å². The first kappa shape index (κ1) is 16.1. The fourth-order valence-corrected chi connectivity index (χ4v) is 3.09. The number of aliphatic hydroxyl groups excluding tert-OH is 1. The van der Waals surface area contributed by atoms with Crippen molar-refractivity contribution in [2.45, 2.75) is 0 Å². The van der Waals surface area contributed by atoms with E-state index in [4.69, 9.17) is 11.6 Å². The Bertz CT molecular complexity index is 1130. The van der Waals surface area contributed by atoms with Gasteiger partial charge in [-0.3, -0.25) is 9.89 Å². The summed E-state index contributed by atoms with van der Waals surface area (Å²) in [5.74, 6) is -0.607. The molecular formula is C19H13ClN4O2. The maximum absolute atomic E-state index is 12.3. The van der Waals surface area contributed by atoms with Crippen LogP contribution in [0.2, 0.25) is 5.02 Å². The largest absolute Gasteiger partial charge is 0.507 e. The number of nitrogens with one attached hydrogen (secondary N) is 2. The number of allylic oxidation sites excluding steroid dienone is 1. The maximum Gasteiger partial charge on any atom is 0.226 e. The minimum absolute atomic E-state index is 0.0516. The van der Waals surface area contributed by atoms with Crippen molar-refractivity contribution < 1.29 is 9.90 Å². The number of para-hydroxylation sites is 1. The molecule has 0 unspecified atom stereocenters. The fourth-order valence-electron chi connectivity index (χ4n) is 2.86. The number of aromatic amines is 2. The van der Waals surface area contributed by atoms with Crippen LogP contribution in [-0.2, 0) is 0 Å². The third-order valence-electron chi connectivity index (χ3n) is 4.02. The molecule has 26 heavy (non-hydrogen) atoms. The van der Waals surface area contributed by atoms with E-state index in [0.29, 0.717) is 16.3 Å². The zero-order chi connectivity index (χ0) is 18.1. The van der Waals surface area contributed by atoms with E-state index >= 15 is 0 Å². The van der Waals surface area contributed by atoms with Crippen molar-refractivity contribution in [3.05, 3.63) is 77.3 Å². The van der Waals surface area contributed by atoms with Crippen LogP contribution < -0.4 is 0 Å². The van der Waals surface area contributed by atoms with Crippen LogP contribution in [0.1, 0.15) is 16.2 Å². The average Bonchev–Trinajstić information content (AvgIpc) is 3.30. The third kappa shape index (κ3) is 2.76. The molecule has 0 amide bonds. The topological polar surface area (TPSA) is 94.7 Å². The number of aromatic nitrogens is 4. The van der Waals surface area contributed by atoms with Crippen molar-refractivity contribution in [2.75, 3.05) is 0 Å². The van der Waals surface area contributed by atoms with Gasteiger partial charge in [0.05, 0.1) is 5.69 Å². The minimum atomic E-state index is -0.476. The lowest BCUT2D eigenvalue weighted by Crippen LogP contribution is -1.99. The zero-order valence-corrected chi connectivity index (χ0v) is 14.2. The average molecular weight is 365 g/mol. The molecule has 6 nitrogen and oxygen atoms in total. The van der Waals surface area contributed by atoms with Gasteiger partial charge >= 0.3 is 0 Å². The molecule has 7 heteroatoms. The number of rotatable bonds is 4. The van der Waals surface area contributed by atoms with Gasteiger partial charge in [-0.1, -0.05) is 48.0 Å². The lowest BCUT2D eigenvalue weighted by atomic mass is 10.0. The normalized spacial score (nSPS) is 11.8. The number of carbonyl (C=O) groups excluding carboxylic acids is 1. The highest BCUT2D eigenvalue weighted by molar-refractivity contribution is 6.33. The van der Waals surface area contributed by atoms with Gasteiger partial charge in [0.15, 0.2) is 5.82 Å². The van der Waals surface area contributed by atoms with Crippen LogP contribution in [0, 0.1) is 0 Å². The second-order valence-electron chi connectivity index (χ2n) is 5.63. The van der Waals surface area contributed by atoms with Gasteiger partial charge in [0.25, 0.3) is 0 Å². The first-order valence-electron chi connectivity index (χ1n) is 7.81. The van der Waals surface area contributed by atoms with Crippen molar-refractivity contribution in [3.63, 3.8) is 0 Å². The van der Waals surface area contributed by atoms with Crippen LogP contribution in [0.4, 0.5) is 0 Å². The number of H-pyrrole nitrogens is 2. The van der Waals surface area contributed by atoms with Crippen LogP contribution in [0.3, 0.4) is 0 Å². The van der Waals surface area contributed by atoms with E-state index in [2.05, 4.69) is 20.2 Å². The molecule has 2 aromatic heterocycles. The summed E-state index contributed by atoms with van der Waals surface area (Å²) in [6, 6.07) is 14.8. The van der Waals surface area contributed by atoms with E-state index < -0.39 is 5.78 Å². The number of halogens is 1. The van der Waals surface area contributed by atoms with Crippen LogP contribution in [0.5, 0.6) is 0 Å². The predicted octanol–water partition coefficient (Wildman–Crippen LogP) is 4.39. The Labute approximate surface area is 153 Å². The van der Waals surface area contributed by atoms with Crippen molar-refractivity contribution in [1.29, 1.82) is 0 Å². The molecule has 4 aromatic rings. The van der Waals surface area contributed by atoms with Crippen LogP contribution in [0.15, 0.2) is 60.9 Å². The van der Waals surface area contributed by atoms with Crippen molar-refractivity contribution in [1.82, 2.24) is 20.2 Å². The van der Waals surface area contributed by atoms with Crippen molar-refractivity contribution in [3.8, 4) is 11.3 Å². The molecule has 0 aliphatic heterocycles. The predicted molar refractivity (Wildman–Crippen MR) is 100 cm³/mol. The van der Waals surface area contributed by atoms with Crippen LogP contribution >= 0.6 is 11.6 Å². The molecule has 0 atom stereocenters. The molecule has 2 heterocycles. The SMILES string of the molecule is O=C(C=C(O)c1c(-c2ccccc2Cl)[nH]c2ccccc12)c1ncn[nH]1. The highest BCUT2D eigenvalue weighted by atomic mass is 35.5. The molecule has 0 bridgehead atoms. The van der Waals surface area contributed by atoms with Gasteiger partial charge in [0.1, 0.15) is 12.1 Å². The van der Waals surface area contributed by atoms with Gasteiger partial charge in [-0.25, -0.2) is 4.98 Å². The zero-order valence-electron chi connectivity index (χ0n) is 13.4. The Hall–Kier alpha value is -3.38. The summed E-state index contributed by atoms with van der Waals surface area (Å²) < 4.78 is 0. The number of aliphatic hydroxyl groups is 1. The Morgan fingerprint density at radius 3 is 2.65 bits per heavy atom. The van der Waals surface area contributed by atoms with Gasteiger partial charge in [0, 0.05) is 33.1 Å². The van der Waals surface area contributed by atoms with Gasteiger partial charge in [-0.15, -0.1) is 0 Å². The maximum atomic E-state index is 12.3. The molecule has 0 saturated heterocycles. The molecule has 0 aliphatic carbocycles. The molecule has 0 radical (unpaired) electrons. The van der Waals surface area contributed by atoms with Gasteiger partial charge < -0.3 is 10.1 Å². The van der Waals surface area contributed by atoms with E-state index in [1.54, 1.807) is 6.07 Å².